The Morgan fingerprint density at radius 1 is 1.17 bits per heavy atom. The van der Waals surface area contributed by atoms with Crippen LogP contribution in [0.5, 0.6) is 0 Å². The number of hydrogen-bond acceptors (Lipinski definition) is 6. The van der Waals surface area contributed by atoms with Crippen LogP contribution in [0.2, 0.25) is 0 Å². The average Bonchev–Trinajstić information content (AvgIpc) is 2.42. The van der Waals surface area contributed by atoms with Crippen LogP contribution in [0, 0.1) is 0 Å². The Hall–Kier alpha value is -0.890. The summed E-state index contributed by atoms with van der Waals surface area (Å²) >= 11 is 0. The Balaban J connectivity index is 4.68. The predicted octanol–water partition coefficient (Wildman–Crippen LogP) is 1.21. The normalized spacial score (nSPS) is 14.6. The lowest BCUT2D eigenvalue weighted by Gasteiger charge is -2.35. The van der Waals surface area contributed by atoms with Crippen LogP contribution >= 0.6 is 0 Å². The van der Waals surface area contributed by atoms with E-state index >= 15 is 0 Å². The Morgan fingerprint density at radius 2 is 1.78 bits per heavy atom. The van der Waals surface area contributed by atoms with Gasteiger partial charge in [-0.3, -0.25) is 4.90 Å². The number of nitrogens with zero attached hydrogens (tertiary/aromatic N) is 1. The Kier molecular flexibility index (Phi) is 11.2. The number of carbonyl (C=O) groups is 1. The largest absolute Gasteiger partial charge is 0.444 e. The maximum atomic E-state index is 11.9. The highest BCUT2D eigenvalue weighted by molar-refractivity contribution is 5.68. The summed E-state index contributed by atoms with van der Waals surface area (Å²) < 4.78 is 15.6. The van der Waals surface area contributed by atoms with Gasteiger partial charge in [-0.25, -0.2) is 4.79 Å². The lowest BCUT2D eigenvalue weighted by molar-refractivity contribution is 0.0449. The molecule has 7 heteroatoms. The molecule has 3 N–H and O–H groups in total. The van der Waals surface area contributed by atoms with E-state index in [1.807, 2.05) is 27.7 Å². The van der Waals surface area contributed by atoms with E-state index in [0.717, 1.165) is 19.5 Å². The van der Waals surface area contributed by atoms with Crippen LogP contribution in [-0.2, 0) is 14.2 Å². The molecule has 2 unspecified atom stereocenters. The van der Waals surface area contributed by atoms with Crippen molar-refractivity contribution in [1.29, 1.82) is 0 Å². The van der Waals surface area contributed by atoms with Crippen LogP contribution in [0.25, 0.3) is 0 Å². The zero-order valence-electron chi connectivity index (χ0n) is 15.6. The van der Waals surface area contributed by atoms with Crippen molar-refractivity contribution >= 4 is 6.09 Å². The summed E-state index contributed by atoms with van der Waals surface area (Å²) in [6.45, 7) is 10.8. The zero-order valence-corrected chi connectivity index (χ0v) is 15.6. The number of alkyl carbamates (subject to hydrolysis) is 1. The van der Waals surface area contributed by atoms with E-state index in [9.17, 15) is 4.79 Å². The number of amides is 1. The predicted molar refractivity (Wildman–Crippen MR) is 91.6 cm³/mol. The molecule has 23 heavy (non-hydrogen) atoms. The van der Waals surface area contributed by atoms with Crippen molar-refractivity contribution in [3.05, 3.63) is 0 Å². The van der Waals surface area contributed by atoms with Crippen LogP contribution in [-0.4, -0.2) is 75.7 Å². The fraction of sp³-hybridized carbons (Fsp3) is 0.938. The van der Waals surface area contributed by atoms with Gasteiger partial charge in [-0.1, -0.05) is 0 Å². The third kappa shape index (κ3) is 10.5. The summed E-state index contributed by atoms with van der Waals surface area (Å²) in [5, 5.41) is 2.88. The minimum Gasteiger partial charge on any atom is -0.444 e. The number of hydrogen-bond donors (Lipinski definition) is 2. The van der Waals surface area contributed by atoms with Gasteiger partial charge in [-0.05, 0) is 34.1 Å². The summed E-state index contributed by atoms with van der Waals surface area (Å²) in [4.78, 5) is 14.2. The standard InChI is InChI=1S/C16H35N3O4/c1-13(18-15(20)23-16(2,3)4)14(12-17)19(9-11-22-6)8-7-10-21-5/h13-14H,7-12,17H2,1-6H3,(H,18,20). The third-order valence-electron chi connectivity index (χ3n) is 3.41. The van der Waals surface area contributed by atoms with Gasteiger partial charge in [0, 0.05) is 52.5 Å². The van der Waals surface area contributed by atoms with E-state index < -0.39 is 11.7 Å². The quantitative estimate of drug-likeness (QED) is 0.553. The fourth-order valence-corrected chi connectivity index (χ4v) is 2.32. The number of rotatable bonds is 11. The molecule has 0 heterocycles. The highest BCUT2D eigenvalue weighted by atomic mass is 16.6. The second kappa shape index (κ2) is 11.6. The molecule has 0 aliphatic rings. The summed E-state index contributed by atoms with van der Waals surface area (Å²) in [5.74, 6) is 0. The highest BCUT2D eigenvalue weighted by Gasteiger charge is 2.26. The van der Waals surface area contributed by atoms with Gasteiger partial charge in [0.2, 0.25) is 0 Å². The third-order valence-corrected chi connectivity index (χ3v) is 3.41. The fourth-order valence-electron chi connectivity index (χ4n) is 2.32. The number of carbonyl (C=O) groups excluding carboxylic acids is 1. The minimum absolute atomic E-state index is 0.00882. The Labute approximate surface area is 140 Å². The molecule has 0 bridgehead atoms. The molecule has 2 atom stereocenters. The second-order valence-electron chi connectivity index (χ2n) is 6.61. The molecule has 0 rings (SSSR count). The molecule has 0 aromatic rings. The van der Waals surface area contributed by atoms with Gasteiger partial charge < -0.3 is 25.3 Å². The molecule has 0 aliphatic carbocycles. The number of nitrogens with two attached hydrogens (primary N) is 1. The van der Waals surface area contributed by atoms with Gasteiger partial charge in [0.05, 0.1) is 6.61 Å². The summed E-state index contributed by atoms with van der Waals surface area (Å²) in [6, 6.07) is -0.122. The first-order valence-corrected chi connectivity index (χ1v) is 8.16. The molecule has 138 valence electrons. The molecule has 0 spiro atoms. The smallest absolute Gasteiger partial charge is 0.407 e. The van der Waals surface area contributed by atoms with E-state index in [2.05, 4.69) is 10.2 Å². The Bertz CT molecular complexity index is 321. The average molecular weight is 333 g/mol. The van der Waals surface area contributed by atoms with Crippen molar-refractivity contribution < 1.29 is 19.0 Å². The van der Waals surface area contributed by atoms with Crippen LogP contribution < -0.4 is 11.1 Å². The monoisotopic (exact) mass is 333 g/mol. The Morgan fingerprint density at radius 3 is 2.26 bits per heavy atom. The van der Waals surface area contributed by atoms with Crippen molar-refractivity contribution in [2.45, 2.75) is 51.8 Å². The van der Waals surface area contributed by atoms with E-state index in [1.54, 1.807) is 14.2 Å². The van der Waals surface area contributed by atoms with Crippen LogP contribution in [0.4, 0.5) is 4.79 Å². The number of methoxy groups -OCH3 is 2. The van der Waals surface area contributed by atoms with Crippen LogP contribution in [0.1, 0.15) is 34.1 Å². The van der Waals surface area contributed by atoms with Crippen molar-refractivity contribution in [1.82, 2.24) is 10.2 Å². The maximum Gasteiger partial charge on any atom is 0.407 e. The molecule has 0 fully saturated rings. The number of ether oxygens (including phenoxy) is 3. The molecule has 0 saturated heterocycles. The molecule has 0 aromatic carbocycles. The zero-order chi connectivity index (χ0) is 17.9. The first kappa shape index (κ1) is 22.1. The molecule has 0 radical (unpaired) electrons. The van der Waals surface area contributed by atoms with E-state index in [4.69, 9.17) is 19.9 Å². The molecule has 0 saturated carbocycles. The first-order valence-electron chi connectivity index (χ1n) is 8.16. The van der Waals surface area contributed by atoms with Gasteiger partial charge in [0.15, 0.2) is 0 Å². The highest BCUT2D eigenvalue weighted by Crippen LogP contribution is 2.09. The van der Waals surface area contributed by atoms with E-state index in [0.29, 0.717) is 19.8 Å². The van der Waals surface area contributed by atoms with E-state index in [1.165, 1.54) is 0 Å². The summed E-state index contributed by atoms with van der Waals surface area (Å²) in [6.07, 6.45) is 0.475. The first-order chi connectivity index (χ1) is 10.7. The molecule has 0 aliphatic heterocycles. The molecule has 0 aromatic heterocycles. The SMILES string of the molecule is COCCCN(CCOC)C(CN)C(C)NC(=O)OC(C)(C)C. The van der Waals surface area contributed by atoms with Gasteiger partial charge in [0.1, 0.15) is 5.60 Å². The van der Waals surface area contributed by atoms with Crippen LogP contribution in [0.15, 0.2) is 0 Å². The molecule has 7 nitrogen and oxygen atoms in total. The van der Waals surface area contributed by atoms with Crippen molar-refractivity contribution in [2.24, 2.45) is 5.73 Å². The minimum atomic E-state index is -0.518. The second-order valence-corrected chi connectivity index (χ2v) is 6.61. The molecular weight excluding hydrogens is 298 g/mol. The van der Waals surface area contributed by atoms with Crippen molar-refractivity contribution in [3.63, 3.8) is 0 Å². The van der Waals surface area contributed by atoms with E-state index in [-0.39, 0.29) is 12.1 Å². The maximum absolute atomic E-state index is 11.9. The molecule has 1 amide bonds. The van der Waals surface area contributed by atoms with Gasteiger partial charge in [-0.2, -0.15) is 0 Å². The van der Waals surface area contributed by atoms with Gasteiger partial charge in [0.25, 0.3) is 0 Å². The summed E-state index contributed by atoms with van der Waals surface area (Å²) in [5.41, 5.74) is 5.43. The van der Waals surface area contributed by atoms with Gasteiger partial charge in [-0.15, -0.1) is 0 Å². The molecular formula is C16H35N3O4. The van der Waals surface area contributed by atoms with Crippen LogP contribution in [0.3, 0.4) is 0 Å². The summed E-state index contributed by atoms with van der Waals surface area (Å²) in [7, 11) is 3.36. The van der Waals surface area contributed by atoms with Crippen molar-refractivity contribution in [2.75, 3.05) is 47.1 Å². The van der Waals surface area contributed by atoms with Crippen molar-refractivity contribution in [3.8, 4) is 0 Å². The number of nitrogens with one attached hydrogen (secondary N) is 1. The topological polar surface area (TPSA) is 86.0 Å². The van der Waals surface area contributed by atoms with Gasteiger partial charge >= 0.3 is 6.09 Å². The lowest BCUT2D eigenvalue weighted by Crippen LogP contribution is -2.55. The lowest BCUT2D eigenvalue weighted by atomic mass is 10.1.